The van der Waals surface area contributed by atoms with E-state index in [9.17, 15) is 4.79 Å². The summed E-state index contributed by atoms with van der Waals surface area (Å²) in [5.74, 6) is 0.351. The second-order valence-corrected chi connectivity index (χ2v) is 7.83. The van der Waals surface area contributed by atoms with Crippen LogP contribution in [0.15, 0.2) is 54.6 Å². The van der Waals surface area contributed by atoms with Crippen molar-refractivity contribution in [2.75, 3.05) is 0 Å². The molecular formula is C22H23N7OS. The Bertz CT molecular complexity index is 1250. The van der Waals surface area contributed by atoms with Crippen LogP contribution in [0.1, 0.15) is 41.9 Å². The van der Waals surface area contributed by atoms with Crippen molar-refractivity contribution in [1.82, 2.24) is 35.1 Å². The zero-order chi connectivity index (χ0) is 22.0. The first-order chi connectivity index (χ1) is 15.0. The lowest BCUT2D eigenvalue weighted by Crippen LogP contribution is -2.26. The van der Waals surface area contributed by atoms with E-state index in [0.29, 0.717) is 16.3 Å². The van der Waals surface area contributed by atoms with Crippen LogP contribution in [0.3, 0.4) is 0 Å². The molecule has 0 fully saturated rings. The van der Waals surface area contributed by atoms with Gasteiger partial charge in [-0.25, -0.2) is 4.68 Å². The van der Waals surface area contributed by atoms with Crippen LogP contribution in [-0.2, 0) is 6.54 Å². The molecule has 2 aromatic heterocycles. The van der Waals surface area contributed by atoms with Gasteiger partial charge < -0.3 is 9.88 Å². The van der Waals surface area contributed by atoms with Gasteiger partial charge in [-0.1, -0.05) is 47.7 Å². The summed E-state index contributed by atoms with van der Waals surface area (Å²) in [5.41, 5.74) is 4.02. The number of benzene rings is 2. The Kier molecular flexibility index (Phi) is 5.77. The van der Waals surface area contributed by atoms with E-state index in [1.54, 1.807) is 4.68 Å². The molecule has 158 valence electrons. The first-order valence-electron chi connectivity index (χ1n) is 9.98. The number of nitrogens with zero attached hydrogens (tertiary/aromatic N) is 5. The van der Waals surface area contributed by atoms with E-state index < -0.39 is 0 Å². The molecule has 8 nitrogen and oxygen atoms in total. The molecule has 0 aliphatic heterocycles. The van der Waals surface area contributed by atoms with Crippen LogP contribution in [0, 0.1) is 11.7 Å². The predicted molar refractivity (Wildman–Crippen MR) is 120 cm³/mol. The summed E-state index contributed by atoms with van der Waals surface area (Å²) in [5, 5.41) is 18.1. The minimum Gasteiger partial charge on any atom is -0.343 e. The summed E-state index contributed by atoms with van der Waals surface area (Å²) in [4.78, 5) is 12.7. The van der Waals surface area contributed by atoms with E-state index in [1.165, 1.54) is 0 Å². The zero-order valence-electron chi connectivity index (χ0n) is 17.5. The molecule has 0 atom stereocenters. The van der Waals surface area contributed by atoms with E-state index in [0.717, 1.165) is 16.8 Å². The maximum atomic E-state index is 12.7. The van der Waals surface area contributed by atoms with Gasteiger partial charge in [-0.05, 0) is 56.2 Å². The van der Waals surface area contributed by atoms with Crippen LogP contribution in [-0.4, -0.2) is 35.7 Å². The molecule has 2 N–H and O–H groups in total. The summed E-state index contributed by atoms with van der Waals surface area (Å²) < 4.78 is 4.06. The molecule has 0 radical (unpaired) electrons. The number of aromatic amines is 1. The maximum Gasteiger partial charge on any atom is 0.274 e. The summed E-state index contributed by atoms with van der Waals surface area (Å²) >= 11 is 5.25. The molecule has 0 unspecified atom stereocenters. The van der Waals surface area contributed by atoms with Crippen molar-refractivity contribution in [2.24, 2.45) is 0 Å². The Balaban J connectivity index is 1.50. The van der Waals surface area contributed by atoms with Crippen LogP contribution in [0.4, 0.5) is 0 Å². The molecule has 2 heterocycles. The lowest BCUT2D eigenvalue weighted by Gasteiger charge is -2.10. The SMILES string of the molecule is Cc1c(C(=O)NCc2n[nH]c(=S)n2C(C)C)nnn1-c1ccc(-c2ccccc2)cc1. The highest BCUT2D eigenvalue weighted by Crippen LogP contribution is 2.21. The molecular weight excluding hydrogens is 410 g/mol. The van der Waals surface area contributed by atoms with Crippen LogP contribution < -0.4 is 5.32 Å². The lowest BCUT2D eigenvalue weighted by molar-refractivity contribution is 0.0943. The average Bonchev–Trinajstić information content (AvgIpc) is 3.35. The Hall–Kier alpha value is -3.59. The summed E-state index contributed by atoms with van der Waals surface area (Å²) in [6.07, 6.45) is 0. The minimum absolute atomic E-state index is 0.139. The quantitative estimate of drug-likeness (QED) is 0.448. The van der Waals surface area contributed by atoms with Crippen LogP contribution >= 0.6 is 12.2 Å². The van der Waals surface area contributed by atoms with Gasteiger partial charge in [-0.3, -0.25) is 9.89 Å². The topological polar surface area (TPSA) is 93.4 Å². The molecule has 0 spiro atoms. The lowest BCUT2D eigenvalue weighted by atomic mass is 10.1. The van der Waals surface area contributed by atoms with Crippen LogP contribution in [0.2, 0.25) is 0 Å². The second-order valence-electron chi connectivity index (χ2n) is 7.44. The van der Waals surface area contributed by atoms with Gasteiger partial charge >= 0.3 is 0 Å². The Morgan fingerprint density at radius 1 is 1.10 bits per heavy atom. The molecule has 0 saturated carbocycles. The van der Waals surface area contributed by atoms with Crippen molar-refractivity contribution in [3.8, 4) is 16.8 Å². The summed E-state index contributed by atoms with van der Waals surface area (Å²) in [6, 6.07) is 18.3. The number of nitrogens with one attached hydrogen (secondary N) is 2. The number of amides is 1. The van der Waals surface area contributed by atoms with Crippen molar-refractivity contribution in [2.45, 2.75) is 33.4 Å². The standard InChI is InChI=1S/C22H23N7OS/c1-14(2)28-19(24-26-22(28)31)13-23-21(30)20-15(3)29(27-25-20)18-11-9-17(10-12-18)16-7-5-4-6-8-16/h4-12,14H,13H2,1-3H3,(H,23,30)(H,26,31). The first kappa shape index (κ1) is 20.7. The molecule has 0 saturated heterocycles. The van der Waals surface area contributed by atoms with Crippen molar-refractivity contribution in [3.05, 3.63) is 76.6 Å². The molecule has 2 aromatic carbocycles. The fraction of sp³-hybridized carbons (Fsp3) is 0.227. The number of carbonyl (C=O) groups excluding carboxylic acids is 1. The van der Waals surface area contributed by atoms with Gasteiger partial charge in [0.05, 0.1) is 17.9 Å². The summed E-state index contributed by atoms with van der Waals surface area (Å²) in [6.45, 7) is 6.08. The monoisotopic (exact) mass is 433 g/mol. The Morgan fingerprint density at radius 3 is 2.45 bits per heavy atom. The molecule has 9 heteroatoms. The molecule has 4 aromatic rings. The van der Waals surface area contributed by atoms with Crippen LogP contribution in [0.25, 0.3) is 16.8 Å². The van der Waals surface area contributed by atoms with Crippen molar-refractivity contribution in [3.63, 3.8) is 0 Å². The second kappa shape index (κ2) is 8.65. The summed E-state index contributed by atoms with van der Waals surface area (Å²) in [7, 11) is 0. The predicted octanol–water partition coefficient (Wildman–Crippen LogP) is 4.01. The minimum atomic E-state index is -0.311. The van der Waals surface area contributed by atoms with Crippen molar-refractivity contribution < 1.29 is 4.79 Å². The fourth-order valence-corrected chi connectivity index (χ4v) is 3.81. The number of carbonyl (C=O) groups is 1. The highest BCUT2D eigenvalue weighted by atomic mass is 32.1. The van der Waals surface area contributed by atoms with Gasteiger partial charge in [0.15, 0.2) is 16.3 Å². The van der Waals surface area contributed by atoms with Gasteiger partial charge in [0, 0.05) is 6.04 Å². The van der Waals surface area contributed by atoms with Gasteiger partial charge in [-0.2, -0.15) is 5.10 Å². The van der Waals surface area contributed by atoms with E-state index in [4.69, 9.17) is 12.2 Å². The molecule has 0 aliphatic rings. The Labute approximate surface area is 184 Å². The fourth-order valence-electron chi connectivity index (χ4n) is 3.45. The maximum absolute atomic E-state index is 12.7. The van der Waals surface area contributed by atoms with Crippen LogP contribution in [0.5, 0.6) is 0 Å². The van der Waals surface area contributed by atoms with Gasteiger partial charge in [0.2, 0.25) is 0 Å². The third-order valence-corrected chi connectivity index (χ3v) is 5.32. The normalized spacial score (nSPS) is 11.1. The number of rotatable bonds is 6. The van der Waals surface area contributed by atoms with Crippen molar-refractivity contribution in [1.29, 1.82) is 0 Å². The molecule has 1 amide bonds. The molecule has 4 rings (SSSR count). The van der Waals surface area contributed by atoms with Gasteiger partial charge in [0.1, 0.15) is 0 Å². The third-order valence-electron chi connectivity index (χ3n) is 5.03. The number of hydrogen-bond donors (Lipinski definition) is 2. The van der Waals surface area contributed by atoms with E-state index in [-0.39, 0.29) is 24.2 Å². The average molecular weight is 434 g/mol. The molecule has 31 heavy (non-hydrogen) atoms. The van der Waals surface area contributed by atoms with E-state index in [1.807, 2.05) is 67.8 Å². The zero-order valence-corrected chi connectivity index (χ0v) is 18.3. The number of aromatic nitrogens is 6. The first-order valence-corrected chi connectivity index (χ1v) is 10.4. The largest absolute Gasteiger partial charge is 0.343 e. The Morgan fingerprint density at radius 2 is 1.77 bits per heavy atom. The van der Waals surface area contributed by atoms with Gasteiger partial charge in [0.25, 0.3) is 5.91 Å². The van der Waals surface area contributed by atoms with E-state index >= 15 is 0 Å². The molecule has 0 bridgehead atoms. The smallest absolute Gasteiger partial charge is 0.274 e. The molecule has 0 aliphatic carbocycles. The number of H-pyrrole nitrogens is 1. The highest BCUT2D eigenvalue weighted by molar-refractivity contribution is 7.71. The highest BCUT2D eigenvalue weighted by Gasteiger charge is 2.18. The van der Waals surface area contributed by atoms with Crippen molar-refractivity contribution >= 4 is 18.1 Å². The third kappa shape index (κ3) is 4.17. The van der Waals surface area contributed by atoms with E-state index in [2.05, 4.69) is 38.0 Å². The number of hydrogen-bond acceptors (Lipinski definition) is 5. The van der Waals surface area contributed by atoms with Gasteiger partial charge in [-0.15, -0.1) is 5.10 Å².